The van der Waals surface area contributed by atoms with Gasteiger partial charge in [-0.25, -0.2) is 4.99 Å². The number of pyridine rings is 1. The first-order valence-corrected chi connectivity index (χ1v) is 9.97. The molecule has 1 unspecified atom stereocenters. The first-order valence-electron chi connectivity index (χ1n) is 8.65. The SMILES string of the molecule is CCNC(=NCc1ccnc2ccccc12)NCCS(=O)C(C)(C)C.I. The number of aromatic nitrogens is 1. The van der Waals surface area contributed by atoms with Gasteiger partial charge in [0.1, 0.15) is 0 Å². The van der Waals surface area contributed by atoms with Gasteiger partial charge in [-0.15, -0.1) is 24.0 Å². The molecular formula is C19H29IN4OS. The molecule has 0 fully saturated rings. The molecule has 2 rings (SSSR count). The van der Waals surface area contributed by atoms with Gasteiger partial charge >= 0.3 is 0 Å². The zero-order valence-electron chi connectivity index (χ0n) is 15.9. The number of para-hydroxylation sites is 1. The Morgan fingerprint density at radius 1 is 1.19 bits per heavy atom. The van der Waals surface area contributed by atoms with Crippen molar-refractivity contribution in [3.63, 3.8) is 0 Å². The number of hydrogen-bond donors (Lipinski definition) is 2. The van der Waals surface area contributed by atoms with Gasteiger partial charge in [-0.05, 0) is 45.4 Å². The van der Waals surface area contributed by atoms with Gasteiger partial charge in [0.25, 0.3) is 0 Å². The van der Waals surface area contributed by atoms with Crippen molar-refractivity contribution in [3.8, 4) is 0 Å². The third kappa shape index (κ3) is 6.83. The lowest BCUT2D eigenvalue weighted by Gasteiger charge is -2.18. The monoisotopic (exact) mass is 488 g/mol. The first kappa shape index (κ1) is 22.8. The van der Waals surface area contributed by atoms with Gasteiger partial charge < -0.3 is 10.6 Å². The van der Waals surface area contributed by atoms with Crippen molar-refractivity contribution in [3.05, 3.63) is 42.1 Å². The second kappa shape index (κ2) is 10.8. The number of halogens is 1. The van der Waals surface area contributed by atoms with Gasteiger partial charge in [-0.3, -0.25) is 9.19 Å². The van der Waals surface area contributed by atoms with Crippen LogP contribution in [0.5, 0.6) is 0 Å². The molecule has 0 saturated heterocycles. The highest BCUT2D eigenvalue weighted by Gasteiger charge is 2.18. The van der Waals surface area contributed by atoms with Crippen LogP contribution >= 0.6 is 24.0 Å². The highest BCUT2D eigenvalue weighted by atomic mass is 127. The molecule has 1 aromatic carbocycles. The Morgan fingerprint density at radius 3 is 2.62 bits per heavy atom. The largest absolute Gasteiger partial charge is 0.357 e. The first-order chi connectivity index (χ1) is 11.9. The maximum atomic E-state index is 12.1. The summed E-state index contributed by atoms with van der Waals surface area (Å²) in [5, 5.41) is 7.63. The molecule has 1 heterocycles. The van der Waals surface area contributed by atoms with Crippen LogP contribution in [-0.2, 0) is 17.3 Å². The van der Waals surface area contributed by atoms with Gasteiger partial charge in [0.15, 0.2) is 5.96 Å². The smallest absolute Gasteiger partial charge is 0.191 e. The van der Waals surface area contributed by atoms with E-state index in [1.54, 1.807) is 0 Å². The van der Waals surface area contributed by atoms with Crippen LogP contribution < -0.4 is 10.6 Å². The molecule has 0 aliphatic heterocycles. The standard InChI is InChI=1S/C19H28N4OS.HI/c1-5-20-18(22-12-13-25(24)19(2,3)4)23-14-15-10-11-21-17-9-7-6-8-16(15)17;/h6-11H,5,12-14H2,1-4H3,(H2,20,22,23);1H. The number of aliphatic imine (C=N–C) groups is 1. The number of fused-ring (bicyclic) bond motifs is 1. The van der Waals surface area contributed by atoms with E-state index in [1.165, 1.54) is 0 Å². The van der Waals surface area contributed by atoms with Crippen LogP contribution in [0.15, 0.2) is 41.5 Å². The minimum Gasteiger partial charge on any atom is -0.357 e. The van der Waals surface area contributed by atoms with Crippen LogP contribution in [0.3, 0.4) is 0 Å². The number of hydrogen-bond acceptors (Lipinski definition) is 3. The molecule has 7 heteroatoms. The average Bonchev–Trinajstić information content (AvgIpc) is 2.58. The van der Waals surface area contributed by atoms with E-state index in [4.69, 9.17) is 0 Å². The van der Waals surface area contributed by atoms with Crippen molar-refractivity contribution in [1.82, 2.24) is 15.6 Å². The zero-order chi connectivity index (χ0) is 18.3. The van der Waals surface area contributed by atoms with Crippen LogP contribution in [0.4, 0.5) is 0 Å². The summed E-state index contributed by atoms with van der Waals surface area (Å²) in [5.74, 6) is 1.35. The van der Waals surface area contributed by atoms with Crippen molar-refractivity contribution in [1.29, 1.82) is 0 Å². The number of guanidine groups is 1. The number of nitrogens with one attached hydrogen (secondary N) is 2. The van der Waals surface area contributed by atoms with E-state index >= 15 is 0 Å². The van der Waals surface area contributed by atoms with E-state index in [0.29, 0.717) is 18.8 Å². The molecule has 0 radical (unpaired) electrons. The lowest BCUT2D eigenvalue weighted by Crippen LogP contribution is -2.40. The minimum atomic E-state index is -0.870. The fourth-order valence-corrected chi connectivity index (χ4v) is 3.27. The van der Waals surface area contributed by atoms with Crippen LogP contribution in [0.1, 0.15) is 33.3 Å². The van der Waals surface area contributed by atoms with Crippen LogP contribution in [-0.4, -0.2) is 38.7 Å². The van der Waals surface area contributed by atoms with E-state index in [-0.39, 0.29) is 28.7 Å². The Bertz CT molecular complexity index is 753. The molecule has 0 spiro atoms. The zero-order valence-corrected chi connectivity index (χ0v) is 19.1. The molecule has 5 nitrogen and oxygen atoms in total. The van der Waals surface area contributed by atoms with Crippen molar-refractivity contribution >= 4 is 51.6 Å². The summed E-state index contributed by atoms with van der Waals surface area (Å²) in [6, 6.07) is 10.1. The molecule has 1 atom stereocenters. The quantitative estimate of drug-likeness (QED) is 0.372. The molecule has 1 aromatic heterocycles. The summed E-state index contributed by atoms with van der Waals surface area (Å²) in [7, 11) is -0.870. The maximum absolute atomic E-state index is 12.1. The Morgan fingerprint density at radius 2 is 1.92 bits per heavy atom. The molecule has 0 bridgehead atoms. The summed E-state index contributed by atoms with van der Waals surface area (Å²) < 4.78 is 11.9. The average molecular weight is 488 g/mol. The predicted molar refractivity (Wildman–Crippen MR) is 123 cm³/mol. The van der Waals surface area contributed by atoms with Gasteiger partial charge in [-0.1, -0.05) is 18.2 Å². The lowest BCUT2D eigenvalue weighted by atomic mass is 10.1. The summed E-state index contributed by atoms with van der Waals surface area (Å²) in [6.45, 7) is 10.0. The highest BCUT2D eigenvalue weighted by molar-refractivity contribution is 14.0. The fraction of sp³-hybridized carbons (Fsp3) is 0.474. The van der Waals surface area contributed by atoms with E-state index in [1.807, 2.05) is 58.2 Å². The minimum absolute atomic E-state index is 0. The Balaban J connectivity index is 0.00000338. The van der Waals surface area contributed by atoms with E-state index in [0.717, 1.165) is 29.0 Å². The summed E-state index contributed by atoms with van der Waals surface area (Å²) in [4.78, 5) is 9.04. The summed E-state index contributed by atoms with van der Waals surface area (Å²) in [5.41, 5.74) is 2.12. The number of benzene rings is 1. The van der Waals surface area contributed by atoms with Crippen molar-refractivity contribution in [2.24, 2.45) is 4.99 Å². The molecule has 0 aliphatic carbocycles. The molecule has 0 saturated carbocycles. The van der Waals surface area contributed by atoms with Gasteiger partial charge in [0.05, 0.1) is 12.1 Å². The fourth-order valence-electron chi connectivity index (χ4n) is 2.37. The number of nitrogens with zero attached hydrogens (tertiary/aromatic N) is 2. The molecular weight excluding hydrogens is 459 g/mol. The Labute approximate surface area is 175 Å². The lowest BCUT2D eigenvalue weighted by molar-refractivity contribution is 0.647. The van der Waals surface area contributed by atoms with E-state index < -0.39 is 10.8 Å². The van der Waals surface area contributed by atoms with Crippen molar-refractivity contribution < 1.29 is 4.21 Å². The number of rotatable bonds is 6. The van der Waals surface area contributed by atoms with Gasteiger partial charge in [0, 0.05) is 46.0 Å². The highest BCUT2D eigenvalue weighted by Crippen LogP contribution is 2.16. The third-order valence-electron chi connectivity index (χ3n) is 3.75. The second-order valence-electron chi connectivity index (χ2n) is 6.77. The van der Waals surface area contributed by atoms with Crippen LogP contribution in [0, 0.1) is 0 Å². The maximum Gasteiger partial charge on any atom is 0.191 e. The third-order valence-corrected chi connectivity index (χ3v) is 5.69. The van der Waals surface area contributed by atoms with Gasteiger partial charge in [0.2, 0.25) is 0 Å². The topological polar surface area (TPSA) is 66.4 Å². The Kier molecular flexibility index (Phi) is 9.49. The molecule has 144 valence electrons. The molecule has 26 heavy (non-hydrogen) atoms. The molecule has 0 amide bonds. The Hall–Kier alpha value is -1.22. The van der Waals surface area contributed by atoms with Crippen LogP contribution in [0.25, 0.3) is 10.9 Å². The normalized spacial score (nSPS) is 13.2. The molecule has 2 aromatic rings. The summed E-state index contributed by atoms with van der Waals surface area (Å²) in [6.07, 6.45) is 1.82. The predicted octanol–water partition coefficient (Wildman–Crippen LogP) is 3.46. The van der Waals surface area contributed by atoms with Crippen LogP contribution in [0.2, 0.25) is 0 Å². The summed E-state index contributed by atoms with van der Waals surface area (Å²) >= 11 is 0. The van der Waals surface area contributed by atoms with Crippen molar-refractivity contribution in [2.75, 3.05) is 18.8 Å². The molecule has 0 aliphatic rings. The second-order valence-corrected chi connectivity index (χ2v) is 9.10. The molecule has 2 N–H and O–H groups in total. The van der Waals surface area contributed by atoms with Crippen molar-refractivity contribution in [2.45, 2.75) is 39.0 Å². The van der Waals surface area contributed by atoms with E-state index in [9.17, 15) is 4.21 Å². The van der Waals surface area contributed by atoms with E-state index in [2.05, 4.69) is 26.7 Å². The van der Waals surface area contributed by atoms with Gasteiger partial charge in [-0.2, -0.15) is 0 Å².